The van der Waals surface area contributed by atoms with Gasteiger partial charge in [-0.2, -0.15) is 0 Å². The molecule has 4 nitrogen and oxygen atoms in total. The normalized spacial score (nSPS) is 11.1. The third kappa shape index (κ3) is 8.60. The van der Waals surface area contributed by atoms with E-state index >= 15 is 0 Å². The zero-order chi connectivity index (χ0) is 14.8. The molecule has 0 spiro atoms. The van der Waals surface area contributed by atoms with Crippen LogP contribution in [0.4, 0.5) is 0 Å². The Morgan fingerprint density at radius 3 is 2.67 bits per heavy atom. The molecule has 0 saturated heterocycles. The van der Waals surface area contributed by atoms with E-state index in [0.717, 1.165) is 36.3 Å². The van der Waals surface area contributed by atoms with Gasteiger partial charge in [0.1, 0.15) is 0 Å². The standard InChI is InChI=1S/C15H28N4S.HI/c1-5-7-8-9-10-17-15(16-6-2)19(4)11-14-12-20-13(3)18-14;/h12H,5-11H2,1-4H3,(H,16,17);1H. The average molecular weight is 424 g/mol. The maximum Gasteiger partial charge on any atom is 0.194 e. The minimum atomic E-state index is 0. The molecule has 6 heteroatoms. The van der Waals surface area contributed by atoms with E-state index < -0.39 is 0 Å². The van der Waals surface area contributed by atoms with Crippen LogP contribution in [0.5, 0.6) is 0 Å². The van der Waals surface area contributed by atoms with Gasteiger partial charge in [0.25, 0.3) is 0 Å². The summed E-state index contributed by atoms with van der Waals surface area (Å²) in [5, 5.41) is 6.59. The molecular formula is C15H29IN4S. The van der Waals surface area contributed by atoms with Crippen molar-refractivity contribution in [3.8, 4) is 0 Å². The zero-order valence-electron chi connectivity index (χ0n) is 13.7. The topological polar surface area (TPSA) is 40.5 Å². The molecule has 0 aliphatic carbocycles. The molecule has 0 aliphatic heterocycles. The van der Waals surface area contributed by atoms with Gasteiger partial charge in [-0.05, 0) is 20.3 Å². The molecule has 0 fully saturated rings. The van der Waals surface area contributed by atoms with Crippen LogP contribution in [-0.4, -0.2) is 36.0 Å². The van der Waals surface area contributed by atoms with Crippen LogP contribution < -0.4 is 5.32 Å². The minimum absolute atomic E-state index is 0. The van der Waals surface area contributed by atoms with E-state index in [1.54, 1.807) is 11.3 Å². The van der Waals surface area contributed by atoms with Crippen molar-refractivity contribution in [2.75, 3.05) is 20.1 Å². The van der Waals surface area contributed by atoms with Crippen LogP contribution >= 0.6 is 35.3 Å². The van der Waals surface area contributed by atoms with Gasteiger partial charge in [0, 0.05) is 25.5 Å². The molecule has 1 heterocycles. The van der Waals surface area contributed by atoms with E-state index in [0.29, 0.717) is 0 Å². The highest BCUT2D eigenvalue weighted by molar-refractivity contribution is 14.0. The number of hydrogen-bond acceptors (Lipinski definition) is 3. The second-order valence-corrected chi connectivity index (χ2v) is 6.07. The lowest BCUT2D eigenvalue weighted by Gasteiger charge is -2.21. The molecule has 0 bridgehead atoms. The van der Waals surface area contributed by atoms with Crippen molar-refractivity contribution < 1.29 is 0 Å². The van der Waals surface area contributed by atoms with Crippen molar-refractivity contribution in [1.82, 2.24) is 15.2 Å². The number of aromatic nitrogens is 1. The fraction of sp³-hybridized carbons (Fsp3) is 0.733. The summed E-state index contributed by atoms with van der Waals surface area (Å²) in [4.78, 5) is 11.4. The second-order valence-electron chi connectivity index (χ2n) is 5.01. The summed E-state index contributed by atoms with van der Waals surface area (Å²) in [5.41, 5.74) is 1.12. The molecule has 0 aliphatic rings. The molecule has 122 valence electrons. The molecule has 1 aromatic rings. The largest absolute Gasteiger partial charge is 0.357 e. The fourth-order valence-electron chi connectivity index (χ4n) is 1.99. The molecule has 1 aromatic heterocycles. The van der Waals surface area contributed by atoms with Gasteiger partial charge in [0.2, 0.25) is 0 Å². The molecule has 0 aromatic carbocycles. The highest BCUT2D eigenvalue weighted by Gasteiger charge is 2.08. The Hall–Kier alpha value is -0.370. The van der Waals surface area contributed by atoms with Crippen LogP contribution in [0.3, 0.4) is 0 Å². The Bertz CT molecular complexity index is 406. The van der Waals surface area contributed by atoms with Gasteiger partial charge < -0.3 is 10.2 Å². The summed E-state index contributed by atoms with van der Waals surface area (Å²) < 4.78 is 0. The van der Waals surface area contributed by atoms with Gasteiger partial charge in [-0.1, -0.05) is 26.2 Å². The van der Waals surface area contributed by atoms with E-state index in [1.165, 1.54) is 25.7 Å². The Kier molecular flexibility index (Phi) is 12.0. The number of aliphatic imine (C=N–C) groups is 1. The minimum Gasteiger partial charge on any atom is -0.357 e. The number of unbranched alkanes of at least 4 members (excludes halogenated alkanes) is 3. The molecule has 0 saturated carbocycles. The van der Waals surface area contributed by atoms with Crippen molar-refractivity contribution in [2.24, 2.45) is 4.99 Å². The summed E-state index contributed by atoms with van der Waals surface area (Å²) in [5.74, 6) is 0.981. The van der Waals surface area contributed by atoms with Crippen LogP contribution in [0.1, 0.15) is 50.2 Å². The number of aryl methyl sites for hydroxylation is 1. The maximum absolute atomic E-state index is 4.70. The van der Waals surface area contributed by atoms with Gasteiger partial charge in [-0.25, -0.2) is 4.98 Å². The highest BCUT2D eigenvalue weighted by Crippen LogP contribution is 2.09. The summed E-state index contributed by atoms with van der Waals surface area (Å²) >= 11 is 1.70. The maximum atomic E-state index is 4.70. The molecule has 0 atom stereocenters. The first kappa shape index (κ1) is 20.6. The second kappa shape index (κ2) is 12.2. The molecule has 1 N–H and O–H groups in total. The van der Waals surface area contributed by atoms with Crippen LogP contribution in [0, 0.1) is 6.92 Å². The van der Waals surface area contributed by atoms with Gasteiger partial charge in [0.05, 0.1) is 17.2 Å². The predicted octanol–water partition coefficient (Wildman–Crippen LogP) is 4.05. The molecule has 0 amide bonds. The lowest BCUT2D eigenvalue weighted by atomic mass is 10.2. The summed E-state index contributed by atoms with van der Waals surface area (Å²) in [6.07, 6.45) is 5.02. The number of guanidine groups is 1. The van der Waals surface area contributed by atoms with Crippen molar-refractivity contribution in [3.63, 3.8) is 0 Å². The Balaban J connectivity index is 0.00000400. The first-order chi connectivity index (χ1) is 9.67. The van der Waals surface area contributed by atoms with E-state index in [-0.39, 0.29) is 24.0 Å². The van der Waals surface area contributed by atoms with Gasteiger partial charge >= 0.3 is 0 Å². The fourth-order valence-corrected chi connectivity index (χ4v) is 2.60. The van der Waals surface area contributed by atoms with E-state index in [2.05, 4.69) is 41.5 Å². The monoisotopic (exact) mass is 424 g/mol. The Labute approximate surface area is 150 Å². The predicted molar refractivity (Wildman–Crippen MR) is 104 cm³/mol. The molecule has 0 radical (unpaired) electrons. The third-order valence-corrected chi connectivity index (χ3v) is 3.86. The number of rotatable bonds is 8. The van der Waals surface area contributed by atoms with Crippen LogP contribution in [-0.2, 0) is 6.54 Å². The molecular weight excluding hydrogens is 395 g/mol. The third-order valence-electron chi connectivity index (χ3n) is 3.04. The first-order valence-electron chi connectivity index (χ1n) is 7.57. The van der Waals surface area contributed by atoms with E-state index in [1.807, 2.05) is 6.92 Å². The van der Waals surface area contributed by atoms with E-state index in [4.69, 9.17) is 4.99 Å². The zero-order valence-corrected chi connectivity index (χ0v) is 16.8. The number of hydrogen-bond donors (Lipinski definition) is 1. The summed E-state index contributed by atoms with van der Waals surface area (Å²) in [6.45, 7) is 8.99. The first-order valence-corrected chi connectivity index (χ1v) is 8.45. The smallest absolute Gasteiger partial charge is 0.194 e. The molecule has 1 rings (SSSR count). The quantitative estimate of drug-likeness (QED) is 0.296. The summed E-state index contributed by atoms with van der Waals surface area (Å²) in [7, 11) is 2.07. The van der Waals surface area contributed by atoms with Crippen LogP contribution in [0.15, 0.2) is 10.4 Å². The molecule has 0 unspecified atom stereocenters. The Morgan fingerprint density at radius 1 is 1.33 bits per heavy atom. The van der Waals surface area contributed by atoms with Gasteiger partial charge in [-0.15, -0.1) is 35.3 Å². The number of halogens is 1. The van der Waals surface area contributed by atoms with Crippen molar-refractivity contribution >= 4 is 41.3 Å². The SMILES string of the molecule is CCCCCCN=C(NCC)N(C)Cc1csc(C)n1.I. The van der Waals surface area contributed by atoms with Crippen LogP contribution in [0.25, 0.3) is 0 Å². The number of nitrogens with zero attached hydrogens (tertiary/aromatic N) is 3. The summed E-state index contributed by atoms with van der Waals surface area (Å²) in [6, 6.07) is 0. The van der Waals surface area contributed by atoms with Crippen molar-refractivity contribution in [3.05, 3.63) is 16.1 Å². The Morgan fingerprint density at radius 2 is 2.10 bits per heavy atom. The molecule has 21 heavy (non-hydrogen) atoms. The van der Waals surface area contributed by atoms with Crippen molar-refractivity contribution in [1.29, 1.82) is 0 Å². The number of nitrogens with one attached hydrogen (secondary N) is 1. The van der Waals surface area contributed by atoms with Gasteiger partial charge in [0.15, 0.2) is 5.96 Å². The van der Waals surface area contributed by atoms with Gasteiger partial charge in [-0.3, -0.25) is 4.99 Å². The lowest BCUT2D eigenvalue weighted by molar-refractivity contribution is 0.470. The lowest BCUT2D eigenvalue weighted by Crippen LogP contribution is -2.38. The average Bonchev–Trinajstić information content (AvgIpc) is 2.82. The highest BCUT2D eigenvalue weighted by atomic mass is 127. The number of thiazole rings is 1. The van der Waals surface area contributed by atoms with Crippen LogP contribution in [0.2, 0.25) is 0 Å². The van der Waals surface area contributed by atoms with E-state index in [9.17, 15) is 0 Å². The van der Waals surface area contributed by atoms with Crippen molar-refractivity contribution in [2.45, 2.75) is 53.0 Å².